The maximum atomic E-state index is 12.5. The molecular formula is C15H19Br2NO. The first-order valence-corrected chi connectivity index (χ1v) is 8.64. The Balaban J connectivity index is 2.08. The molecule has 0 aromatic heterocycles. The Labute approximate surface area is 131 Å². The van der Waals surface area contributed by atoms with Crippen molar-refractivity contribution in [3.8, 4) is 0 Å². The predicted molar refractivity (Wildman–Crippen MR) is 85.9 cm³/mol. The summed E-state index contributed by atoms with van der Waals surface area (Å²) in [5.41, 5.74) is 1.92. The highest BCUT2D eigenvalue weighted by Crippen LogP contribution is 2.23. The molecule has 4 heteroatoms. The minimum Gasteiger partial charge on any atom is -0.338 e. The molecule has 0 N–H and O–H groups in total. The summed E-state index contributed by atoms with van der Waals surface area (Å²) in [6.45, 7) is 3.82. The van der Waals surface area contributed by atoms with E-state index in [1.807, 2.05) is 30.0 Å². The number of piperidine rings is 1. The van der Waals surface area contributed by atoms with Crippen molar-refractivity contribution in [3.05, 3.63) is 33.8 Å². The van der Waals surface area contributed by atoms with Crippen molar-refractivity contribution < 1.29 is 4.79 Å². The van der Waals surface area contributed by atoms with Crippen LogP contribution in [0.3, 0.4) is 0 Å². The van der Waals surface area contributed by atoms with E-state index >= 15 is 0 Å². The Bertz CT molecular complexity index is 459. The molecule has 1 aromatic carbocycles. The fourth-order valence-corrected chi connectivity index (χ4v) is 3.49. The lowest BCUT2D eigenvalue weighted by atomic mass is 9.95. The molecule has 2 nitrogen and oxygen atoms in total. The number of halogens is 2. The summed E-state index contributed by atoms with van der Waals surface area (Å²) in [6, 6.07) is 5.84. The zero-order chi connectivity index (χ0) is 13.8. The normalized spacial score (nSPS) is 19.5. The lowest BCUT2D eigenvalue weighted by Gasteiger charge is -2.32. The number of likely N-dealkylation sites (tertiary alicyclic amines) is 1. The van der Waals surface area contributed by atoms with Crippen LogP contribution in [-0.2, 0) is 0 Å². The van der Waals surface area contributed by atoms with Gasteiger partial charge in [-0.05, 0) is 55.9 Å². The van der Waals surface area contributed by atoms with E-state index in [2.05, 4.69) is 31.9 Å². The number of carbonyl (C=O) groups excluding carboxylic acids is 1. The standard InChI is InChI=1S/C15H19Br2NO/c1-11-9-13(4-5-14(11)17)15(19)18-8-2-3-12(10-18)6-7-16/h4-5,9,12H,2-3,6-8,10H2,1H3. The van der Waals surface area contributed by atoms with Crippen molar-refractivity contribution in [3.63, 3.8) is 0 Å². The second-order valence-electron chi connectivity index (χ2n) is 5.20. The molecule has 2 rings (SSSR count). The average Bonchev–Trinajstić information content (AvgIpc) is 2.42. The van der Waals surface area contributed by atoms with E-state index in [1.165, 1.54) is 6.42 Å². The SMILES string of the molecule is Cc1cc(C(=O)N2CCCC(CCBr)C2)ccc1Br. The molecule has 0 spiro atoms. The minimum absolute atomic E-state index is 0.176. The van der Waals surface area contributed by atoms with E-state index in [0.717, 1.165) is 46.9 Å². The van der Waals surface area contributed by atoms with Gasteiger partial charge in [0.05, 0.1) is 0 Å². The van der Waals surface area contributed by atoms with Crippen molar-refractivity contribution in [2.45, 2.75) is 26.2 Å². The van der Waals surface area contributed by atoms with Crippen LogP contribution in [0.1, 0.15) is 35.2 Å². The van der Waals surface area contributed by atoms with Crippen LogP contribution in [0.2, 0.25) is 0 Å². The molecule has 1 aliphatic rings. The fraction of sp³-hybridized carbons (Fsp3) is 0.533. The van der Waals surface area contributed by atoms with E-state index in [1.54, 1.807) is 0 Å². The number of rotatable bonds is 3. The number of hydrogen-bond donors (Lipinski definition) is 0. The second kappa shape index (κ2) is 6.89. The Morgan fingerprint density at radius 3 is 2.95 bits per heavy atom. The van der Waals surface area contributed by atoms with E-state index in [9.17, 15) is 4.79 Å². The highest BCUT2D eigenvalue weighted by Gasteiger charge is 2.24. The van der Waals surface area contributed by atoms with Crippen molar-refractivity contribution >= 4 is 37.8 Å². The second-order valence-corrected chi connectivity index (χ2v) is 6.85. The van der Waals surface area contributed by atoms with E-state index < -0.39 is 0 Å². The van der Waals surface area contributed by atoms with Gasteiger partial charge < -0.3 is 4.90 Å². The van der Waals surface area contributed by atoms with Crippen LogP contribution in [0.5, 0.6) is 0 Å². The summed E-state index contributed by atoms with van der Waals surface area (Å²) in [5.74, 6) is 0.823. The third kappa shape index (κ3) is 3.82. The van der Waals surface area contributed by atoms with Crippen LogP contribution >= 0.6 is 31.9 Å². The lowest BCUT2D eigenvalue weighted by Crippen LogP contribution is -2.40. The van der Waals surface area contributed by atoms with Gasteiger partial charge in [-0.1, -0.05) is 31.9 Å². The molecule has 1 heterocycles. The van der Waals surface area contributed by atoms with Gasteiger partial charge in [0.2, 0.25) is 0 Å². The fourth-order valence-electron chi connectivity index (χ4n) is 2.60. The summed E-state index contributed by atoms with van der Waals surface area (Å²) >= 11 is 6.97. The minimum atomic E-state index is 0.176. The number of amides is 1. The highest BCUT2D eigenvalue weighted by molar-refractivity contribution is 9.10. The Morgan fingerprint density at radius 2 is 2.26 bits per heavy atom. The smallest absolute Gasteiger partial charge is 0.253 e. The number of benzene rings is 1. The summed E-state index contributed by atoms with van der Waals surface area (Å²) in [6.07, 6.45) is 3.52. The third-order valence-corrected chi connectivity index (χ3v) is 5.08. The molecule has 0 aliphatic carbocycles. The summed E-state index contributed by atoms with van der Waals surface area (Å²) < 4.78 is 1.06. The highest BCUT2D eigenvalue weighted by atomic mass is 79.9. The van der Waals surface area contributed by atoms with Crippen molar-refractivity contribution in [1.82, 2.24) is 4.90 Å². The Morgan fingerprint density at radius 1 is 1.47 bits per heavy atom. The Hall–Kier alpha value is -0.350. The third-order valence-electron chi connectivity index (χ3n) is 3.73. The summed E-state index contributed by atoms with van der Waals surface area (Å²) in [4.78, 5) is 14.5. The van der Waals surface area contributed by atoms with Crippen molar-refractivity contribution in [2.75, 3.05) is 18.4 Å². The molecule has 0 radical (unpaired) electrons. The molecule has 1 saturated heterocycles. The number of alkyl halides is 1. The molecule has 1 amide bonds. The number of aryl methyl sites for hydroxylation is 1. The van der Waals surface area contributed by atoms with Crippen LogP contribution in [0, 0.1) is 12.8 Å². The molecule has 19 heavy (non-hydrogen) atoms. The molecule has 1 aliphatic heterocycles. The first-order valence-electron chi connectivity index (χ1n) is 6.73. The predicted octanol–water partition coefficient (Wildman–Crippen LogP) is 4.39. The maximum absolute atomic E-state index is 12.5. The lowest BCUT2D eigenvalue weighted by molar-refractivity contribution is 0.0672. The number of carbonyl (C=O) groups is 1. The average molecular weight is 389 g/mol. The van der Waals surface area contributed by atoms with Gasteiger partial charge in [-0.2, -0.15) is 0 Å². The molecule has 1 aromatic rings. The van der Waals surface area contributed by atoms with Gasteiger partial charge in [-0.25, -0.2) is 0 Å². The Kier molecular flexibility index (Phi) is 5.46. The van der Waals surface area contributed by atoms with E-state index in [-0.39, 0.29) is 5.91 Å². The molecular weight excluding hydrogens is 370 g/mol. The molecule has 104 valence electrons. The quantitative estimate of drug-likeness (QED) is 0.703. The molecule has 0 bridgehead atoms. The van der Waals surface area contributed by atoms with Gasteiger partial charge in [-0.3, -0.25) is 4.79 Å². The topological polar surface area (TPSA) is 20.3 Å². The maximum Gasteiger partial charge on any atom is 0.253 e. The summed E-state index contributed by atoms with van der Waals surface area (Å²) in [5, 5.41) is 1.02. The monoisotopic (exact) mass is 387 g/mol. The molecule has 1 fully saturated rings. The first-order chi connectivity index (χ1) is 9.11. The number of nitrogens with zero attached hydrogens (tertiary/aromatic N) is 1. The molecule has 1 atom stereocenters. The van der Waals surface area contributed by atoms with Crippen molar-refractivity contribution in [1.29, 1.82) is 0 Å². The number of hydrogen-bond acceptors (Lipinski definition) is 1. The van der Waals surface area contributed by atoms with Gasteiger partial charge in [0, 0.05) is 28.5 Å². The molecule has 1 unspecified atom stereocenters. The first kappa shape index (κ1) is 15.0. The summed E-state index contributed by atoms with van der Waals surface area (Å²) in [7, 11) is 0. The van der Waals surface area contributed by atoms with E-state index in [0.29, 0.717) is 5.92 Å². The van der Waals surface area contributed by atoms with Crippen LogP contribution < -0.4 is 0 Å². The van der Waals surface area contributed by atoms with Gasteiger partial charge in [0.1, 0.15) is 0 Å². The molecule has 0 saturated carbocycles. The van der Waals surface area contributed by atoms with Gasteiger partial charge in [0.25, 0.3) is 5.91 Å². The van der Waals surface area contributed by atoms with E-state index in [4.69, 9.17) is 0 Å². The van der Waals surface area contributed by atoms with Gasteiger partial charge in [0.15, 0.2) is 0 Å². The van der Waals surface area contributed by atoms with Gasteiger partial charge >= 0.3 is 0 Å². The van der Waals surface area contributed by atoms with Crippen LogP contribution in [0.4, 0.5) is 0 Å². The zero-order valence-corrected chi connectivity index (χ0v) is 14.3. The van der Waals surface area contributed by atoms with Crippen LogP contribution in [0.25, 0.3) is 0 Å². The van der Waals surface area contributed by atoms with Gasteiger partial charge in [-0.15, -0.1) is 0 Å². The van der Waals surface area contributed by atoms with Crippen LogP contribution in [0.15, 0.2) is 22.7 Å². The zero-order valence-electron chi connectivity index (χ0n) is 11.2. The van der Waals surface area contributed by atoms with Crippen LogP contribution in [-0.4, -0.2) is 29.2 Å². The van der Waals surface area contributed by atoms with Crippen molar-refractivity contribution in [2.24, 2.45) is 5.92 Å². The largest absolute Gasteiger partial charge is 0.338 e.